The molecule has 0 radical (unpaired) electrons. The van der Waals surface area contributed by atoms with Crippen molar-refractivity contribution in [1.29, 1.82) is 0 Å². The van der Waals surface area contributed by atoms with Crippen LogP contribution >= 0.6 is 27.7 Å². The zero-order valence-corrected chi connectivity index (χ0v) is 14.7. The third kappa shape index (κ3) is 3.79. The molecule has 1 atom stereocenters. The average molecular weight is 398 g/mol. The summed E-state index contributed by atoms with van der Waals surface area (Å²) < 4.78 is 6.15. The topological polar surface area (TPSA) is 66.8 Å². The highest BCUT2D eigenvalue weighted by Crippen LogP contribution is 2.34. The number of imide groups is 1. The van der Waals surface area contributed by atoms with Crippen molar-refractivity contribution in [3.05, 3.63) is 33.1 Å². The number of thioether (sulfide) groups is 1. The van der Waals surface area contributed by atoms with E-state index in [-0.39, 0.29) is 23.0 Å². The number of phenols is 1. The van der Waals surface area contributed by atoms with Gasteiger partial charge in [-0.1, -0.05) is 6.07 Å². The van der Waals surface area contributed by atoms with Crippen LogP contribution in [0.3, 0.4) is 0 Å². The SMILES string of the molecule is O=C1S/C(=C/c2ccc(O)c(Br)c2)C(=O)N1CC1CCCCO1. The Balaban J connectivity index is 1.74. The summed E-state index contributed by atoms with van der Waals surface area (Å²) in [5.41, 5.74) is 0.745. The second kappa shape index (κ2) is 7.07. The molecule has 7 heteroatoms. The fourth-order valence-electron chi connectivity index (χ4n) is 2.58. The third-order valence-electron chi connectivity index (χ3n) is 3.80. The van der Waals surface area contributed by atoms with E-state index in [4.69, 9.17) is 4.74 Å². The second-order valence-corrected chi connectivity index (χ2v) is 7.34. The van der Waals surface area contributed by atoms with Gasteiger partial charge in [-0.05, 0) is 70.7 Å². The van der Waals surface area contributed by atoms with Crippen LogP contribution in [0.5, 0.6) is 5.75 Å². The van der Waals surface area contributed by atoms with Crippen molar-refractivity contribution in [3.8, 4) is 5.75 Å². The number of carbonyl (C=O) groups excluding carboxylic acids is 2. The predicted molar refractivity (Wildman–Crippen MR) is 92.1 cm³/mol. The van der Waals surface area contributed by atoms with Gasteiger partial charge in [-0.25, -0.2) is 0 Å². The van der Waals surface area contributed by atoms with E-state index in [1.54, 1.807) is 18.2 Å². The molecular formula is C16H16BrNO4S. The van der Waals surface area contributed by atoms with Crippen molar-refractivity contribution in [2.24, 2.45) is 0 Å². The van der Waals surface area contributed by atoms with Crippen LogP contribution in [0.2, 0.25) is 0 Å². The lowest BCUT2D eigenvalue weighted by Crippen LogP contribution is -2.38. The van der Waals surface area contributed by atoms with Crippen molar-refractivity contribution >= 4 is 44.9 Å². The van der Waals surface area contributed by atoms with Gasteiger partial charge in [0.25, 0.3) is 11.1 Å². The van der Waals surface area contributed by atoms with Crippen LogP contribution in [0.1, 0.15) is 24.8 Å². The highest BCUT2D eigenvalue weighted by Gasteiger charge is 2.36. The van der Waals surface area contributed by atoms with Crippen molar-refractivity contribution in [1.82, 2.24) is 4.90 Å². The van der Waals surface area contributed by atoms with E-state index in [1.807, 2.05) is 0 Å². The number of benzene rings is 1. The summed E-state index contributed by atoms with van der Waals surface area (Å²) in [6.07, 6.45) is 4.59. The Morgan fingerprint density at radius 3 is 2.91 bits per heavy atom. The van der Waals surface area contributed by atoms with Gasteiger partial charge in [0.1, 0.15) is 5.75 Å². The minimum atomic E-state index is -0.279. The number of rotatable bonds is 3. The van der Waals surface area contributed by atoms with Crippen LogP contribution in [-0.2, 0) is 9.53 Å². The van der Waals surface area contributed by atoms with Crippen LogP contribution in [0.15, 0.2) is 27.6 Å². The van der Waals surface area contributed by atoms with E-state index in [9.17, 15) is 14.7 Å². The molecule has 3 rings (SSSR count). The Labute approximate surface area is 146 Å². The van der Waals surface area contributed by atoms with Crippen LogP contribution in [0.25, 0.3) is 6.08 Å². The summed E-state index contributed by atoms with van der Waals surface area (Å²) in [6, 6.07) is 4.93. The van der Waals surface area contributed by atoms with E-state index in [2.05, 4.69) is 15.9 Å². The molecule has 122 valence electrons. The van der Waals surface area contributed by atoms with Gasteiger partial charge in [0.2, 0.25) is 0 Å². The molecule has 23 heavy (non-hydrogen) atoms. The lowest BCUT2D eigenvalue weighted by molar-refractivity contribution is -0.124. The first-order chi connectivity index (χ1) is 11.0. The van der Waals surface area contributed by atoms with E-state index in [0.717, 1.165) is 36.6 Å². The molecule has 1 unspecified atom stereocenters. The summed E-state index contributed by atoms with van der Waals surface area (Å²) in [6.45, 7) is 1.01. The number of hydrogen-bond donors (Lipinski definition) is 1. The van der Waals surface area contributed by atoms with E-state index >= 15 is 0 Å². The summed E-state index contributed by atoms with van der Waals surface area (Å²) in [5, 5.41) is 9.25. The molecule has 0 aliphatic carbocycles. The van der Waals surface area contributed by atoms with Crippen molar-refractivity contribution < 1.29 is 19.4 Å². The van der Waals surface area contributed by atoms with Crippen molar-refractivity contribution in [3.63, 3.8) is 0 Å². The lowest BCUT2D eigenvalue weighted by atomic mass is 10.1. The number of carbonyl (C=O) groups is 2. The number of ether oxygens (including phenoxy) is 1. The Bertz CT molecular complexity index is 670. The Morgan fingerprint density at radius 1 is 1.39 bits per heavy atom. The maximum Gasteiger partial charge on any atom is 0.293 e. The van der Waals surface area contributed by atoms with Crippen LogP contribution in [0, 0.1) is 0 Å². The normalized spacial score (nSPS) is 23.8. The first kappa shape index (κ1) is 16.5. The molecule has 2 saturated heterocycles. The maximum absolute atomic E-state index is 12.4. The molecule has 1 aromatic carbocycles. The molecule has 1 aromatic rings. The zero-order chi connectivity index (χ0) is 16.4. The summed E-state index contributed by atoms with van der Waals surface area (Å²) >= 11 is 4.18. The zero-order valence-electron chi connectivity index (χ0n) is 12.3. The fraction of sp³-hybridized carbons (Fsp3) is 0.375. The fourth-order valence-corrected chi connectivity index (χ4v) is 3.82. The largest absolute Gasteiger partial charge is 0.507 e. The van der Waals surface area contributed by atoms with E-state index < -0.39 is 0 Å². The molecule has 2 heterocycles. The number of aromatic hydroxyl groups is 1. The Kier molecular flexibility index (Phi) is 5.08. The number of phenolic OH excluding ortho intramolecular Hbond substituents is 1. The summed E-state index contributed by atoms with van der Waals surface area (Å²) in [7, 11) is 0. The standard InChI is InChI=1S/C16H16BrNO4S/c17-12-7-10(4-5-13(12)19)8-14-15(20)18(16(21)23-14)9-11-3-1-2-6-22-11/h4-5,7-8,11,19H,1-3,6,9H2/b14-8+. The van der Waals surface area contributed by atoms with Crippen LogP contribution in [-0.4, -0.2) is 40.4 Å². The lowest BCUT2D eigenvalue weighted by Gasteiger charge is -2.25. The van der Waals surface area contributed by atoms with Crippen LogP contribution in [0.4, 0.5) is 4.79 Å². The van der Waals surface area contributed by atoms with Gasteiger partial charge in [0, 0.05) is 6.61 Å². The number of nitrogens with zero attached hydrogens (tertiary/aromatic N) is 1. The Hall–Kier alpha value is -1.31. The predicted octanol–water partition coefficient (Wildman–Crippen LogP) is 3.76. The average Bonchev–Trinajstić information content (AvgIpc) is 2.80. The van der Waals surface area contributed by atoms with Gasteiger partial charge in [0.15, 0.2) is 0 Å². The third-order valence-corrected chi connectivity index (χ3v) is 5.35. The summed E-state index contributed by atoms with van der Waals surface area (Å²) in [5.74, 6) is -0.150. The molecule has 1 N–H and O–H groups in total. The highest BCUT2D eigenvalue weighted by molar-refractivity contribution is 9.10. The minimum absolute atomic E-state index is 0.0561. The van der Waals surface area contributed by atoms with Gasteiger partial charge in [-0.2, -0.15) is 0 Å². The van der Waals surface area contributed by atoms with Crippen molar-refractivity contribution in [2.75, 3.05) is 13.2 Å². The number of halogens is 1. The molecular weight excluding hydrogens is 382 g/mol. The van der Waals surface area contributed by atoms with E-state index in [0.29, 0.717) is 22.5 Å². The van der Waals surface area contributed by atoms with E-state index in [1.165, 1.54) is 11.0 Å². The number of amides is 2. The maximum atomic E-state index is 12.4. The molecule has 0 spiro atoms. The Morgan fingerprint density at radius 2 is 2.22 bits per heavy atom. The minimum Gasteiger partial charge on any atom is -0.507 e. The molecule has 2 aliphatic heterocycles. The van der Waals surface area contributed by atoms with Gasteiger partial charge in [0.05, 0.1) is 22.0 Å². The number of hydrogen-bond acceptors (Lipinski definition) is 5. The summed E-state index contributed by atoms with van der Waals surface area (Å²) in [4.78, 5) is 26.2. The van der Waals surface area contributed by atoms with Crippen molar-refractivity contribution in [2.45, 2.75) is 25.4 Å². The van der Waals surface area contributed by atoms with Gasteiger partial charge < -0.3 is 9.84 Å². The van der Waals surface area contributed by atoms with Gasteiger partial charge in [-0.3, -0.25) is 14.5 Å². The van der Waals surface area contributed by atoms with Gasteiger partial charge >= 0.3 is 0 Å². The second-order valence-electron chi connectivity index (χ2n) is 5.49. The molecule has 2 fully saturated rings. The smallest absolute Gasteiger partial charge is 0.293 e. The quantitative estimate of drug-likeness (QED) is 0.786. The molecule has 0 aromatic heterocycles. The molecule has 2 amide bonds. The molecule has 2 aliphatic rings. The van der Waals surface area contributed by atoms with Gasteiger partial charge in [-0.15, -0.1) is 0 Å². The monoisotopic (exact) mass is 397 g/mol. The highest BCUT2D eigenvalue weighted by atomic mass is 79.9. The molecule has 5 nitrogen and oxygen atoms in total. The van der Waals surface area contributed by atoms with Crippen LogP contribution < -0.4 is 0 Å². The first-order valence-electron chi connectivity index (χ1n) is 7.40. The molecule has 0 saturated carbocycles. The molecule has 0 bridgehead atoms. The first-order valence-corrected chi connectivity index (χ1v) is 9.01.